The van der Waals surface area contributed by atoms with Gasteiger partial charge in [0, 0.05) is 17.2 Å². The number of pyridine rings is 1. The molecule has 0 amide bonds. The van der Waals surface area contributed by atoms with E-state index in [9.17, 15) is 9.90 Å². The minimum absolute atomic E-state index is 0.132. The molecule has 0 spiro atoms. The highest BCUT2D eigenvalue weighted by Gasteiger charge is 2.28. The Balaban J connectivity index is 2.24. The molecule has 0 unspecified atom stereocenters. The summed E-state index contributed by atoms with van der Waals surface area (Å²) in [5, 5.41) is 9.33. The van der Waals surface area contributed by atoms with Crippen molar-refractivity contribution in [2.75, 3.05) is 14.2 Å². The Labute approximate surface area is 128 Å². The van der Waals surface area contributed by atoms with Crippen LogP contribution in [0, 0.1) is 0 Å². The van der Waals surface area contributed by atoms with E-state index in [1.54, 1.807) is 24.9 Å². The predicted molar refractivity (Wildman–Crippen MR) is 83.4 cm³/mol. The average molecular weight is 301 g/mol. The van der Waals surface area contributed by atoms with Gasteiger partial charge in [-0.1, -0.05) is 0 Å². The Morgan fingerprint density at radius 3 is 2.55 bits per heavy atom. The average Bonchev–Trinajstić information content (AvgIpc) is 3.38. The van der Waals surface area contributed by atoms with Crippen LogP contribution in [0.1, 0.15) is 24.4 Å². The van der Waals surface area contributed by atoms with Crippen molar-refractivity contribution in [1.29, 1.82) is 0 Å². The summed E-state index contributed by atoms with van der Waals surface area (Å²) in [4.78, 5) is 12.6. The van der Waals surface area contributed by atoms with Gasteiger partial charge in [-0.3, -0.25) is 4.79 Å². The normalized spacial score (nSPS) is 14.0. The predicted octanol–water partition coefficient (Wildman–Crippen LogP) is 2.36. The van der Waals surface area contributed by atoms with Crippen LogP contribution in [0.3, 0.4) is 0 Å². The number of methoxy groups -OCH3 is 2. The molecule has 0 saturated heterocycles. The third-order valence-corrected chi connectivity index (χ3v) is 3.96. The zero-order chi connectivity index (χ0) is 15.7. The van der Waals surface area contributed by atoms with Gasteiger partial charge in [0.2, 0.25) is 0 Å². The fourth-order valence-corrected chi connectivity index (χ4v) is 2.64. The molecule has 1 aliphatic carbocycles. The Kier molecular flexibility index (Phi) is 3.90. The second-order valence-corrected chi connectivity index (χ2v) is 5.37. The maximum absolute atomic E-state index is 12.6. The summed E-state index contributed by atoms with van der Waals surface area (Å²) >= 11 is 0. The lowest BCUT2D eigenvalue weighted by atomic mass is 10.1. The molecule has 0 bridgehead atoms. The van der Waals surface area contributed by atoms with E-state index in [-0.39, 0.29) is 18.2 Å². The highest BCUT2D eigenvalue weighted by atomic mass is 16.5. The quantitative estimate of drug-likeness (QED) is 0.921. The van der Waals surface area contributed by atoms with Crippen molar-refractivity contribution in [1.82, 2.24) is 4.57 Å². The lowest BCUT2D eigenvalue weighted by molar-refractivity contribution is 0.279. The van der Waals surface area contributed by atoms with Gasteiger partial charge < -0.3 is 19.1 Å². The summed E-state index contributed by atoms with van der Waals surface area (Å²) in [7, 11) is 3.21. The van der Waals surface area contributed by atoms with Crippen molar-refractivity contribution in [3.05, 3.63) is 46.2 Å². The Bertz CT molecular complexity index is 747. The second-order valence-electron chi connectivity index (χ2n) is 5.37. The lowest BCUT2D eigenvalue weighted by Crippen LogP contribution is -2.24. The highest BCUT2D eigenvalue weighted by Crippen LogP contribution is 2.40. The van der Waals surface area contributed by atoms with Crippen molar-refractivity contribution in [2.24, 2.45) is 0 Å². The van der Waals surface area contributed by atoms with Gasteiger partial charge in [0.25, 0.3) is 5.56 Å². The molecule has 1 aromatic carbocycles. The molecule has 5 heteroatoms. The first-order valence-electron chi connectivity index (χ1n) is 7.27. The number of hydrogen-bond acceptors (Lipinski definition) is 4. The van der Waals surface area contributed by atoms with Crippen molar-refractivity contribution in [3.63, 3.8) is 0 Å². The van der Waals surface area contributed by atoms with E-state index in [0.717, 1.165) is 24.1 Å². The number of ether oxygens (including phenoxy) is 2. The summed E-state index contributed by atoms with van der Waals surface area (Å²) < 4.78 is 12.5. The number of aromatic nitrogens is 1. The van der Waals surface area contributed by atoms with Gasteiger partial charge in [-0.2, -0.15) is 0 Å². The largest absolute Gasteiger partial charge is 0.497 e. The maximum atomic E-state index is 12.6. The molecule has 3 rings (SSSR count). The van der Waals surface area contributed by atoms with Crippen LogP contribution in [0.15, 0.2) is 35.1 Å². The fourth-order valence-electron chi connectivity index (χ4n) is 2.64. The minimum Gasteiger partial charge on any atom is -0.497 e. The van der Waals surface area contributed by atoms with Crippen molar-refractivity contribution >= 4 is 0 Å². The van der Waals surface area contributed by atoms with Gasteiger partial charge in [0.1, 0.15) is 11.5 Å². The Morgan fingerprint density at radius 1 is 1.18 bits per heavy atom. The smallest absolute Gasteiger partial charge is 0.256 e. The van der Waals surface area contributed by atoms with E-state index in [0.29, 0.717) is 17.1 Å². The van der Waals surface area contributed by atoms with Crippen LogP contribution in [0.2, 0.25) is 0 Å². The monoisotopic (exact) mass is 301 g/mol. The van der Waals surface area contributed by atoms with Gasteiger partial charge in [0.15, 0.2) is 0 Å². The molecule has 1 heterocycles. The van der Waals surface area contributed by atoms with Crippen LogP contribution in [-0.4, -0.2) is 23.9 Å². The van der Waals surface area contributed by atoms with Crippen LogP contribution in [0.25, 0.3) is 11.3 Å². The number of benzene rings is 1. The summed E-state index contributed by atoms with van der Waals surface area (Å²) in [6.07, 6.45) is 1.96. The van der Waals surface area contributed by atoms with Crippen LogP contribution in [-0.2, 0) is 6.61 Å². The van der Waals surface area contributed by atoms with E-state index in [1.165, 1.54) is 0 Å². The molecule has 1 fully saturated rings. The summed E-state index contributed by atoms with van der Waals surface area (Å²) in [5.41, 5.74) is 1.89. The molecule has 1 saturated carbocycles. The molecule has 1 aliphatic rings. The van der Waals surface area contributed by atoms with E-state index in [4.69, 9.17) is 9.47 Å². The summed E-state index contributed by atoms with van der Waals surface area (Å²) in [5.74, 6) is 1.39. The standard InChI is InChI=1S/C17H19NO4/c1-21-13-6-8-16(22-2)14(9-13)15-7-3-11(10-19)17(20)18(15)12-4-5-12/h3,6-9,12,19H,4-5,10H2,1-2H3. The first kappa shape index (κ1) is 14.7. The molecule has 0 radical (unpaired) electrons. The molecule has 5 nitrogen and oxygen atoms in total. The minimum atomic E-state index is -0.249. The molecule has 1 aromatic heterocycles. The van der Waals surface area contributed by atoms with Gasteiger partial charge in [-0.15, -0.1) is 0 Å². The zero-order valence-corrected chi connectivity index (χ0v) is 12.7. The van der Waals surface area contributed by atoms with Gasteiger partial charge >= 0.3 is 0 Å². The number of aliphatic hydroxyl groups is 1. The van der Waals surface area contributed by atoms with E-state index in [1.807, 2.05) is 24.3 Å². The molecule has 2 aromatic rings. The first-order valence-corrected chi connectivity index (χ1v) is 7.27. The van der Waals surface area contributed by atoms with Crippen LogP contribution < -0.4 is 15.0 Å². The number of rotatable bonds is 5. The SMILES string of the molecule is COc1ccc(OC)c(-c2ccc(CO)c(=O)n2C2CC2)c1. The molecule has 116 valence electrons. The third kappa shape index (κ3) is 2.48. The number of aliphatic hydroxyl groups excluding tert-OH is 1. The fraction of sp³-hybridized carbons (Fsp3) is 0.353. The lowest BCUT2D eigenvalue weighted by Gasteiger charge is -2.17. The number of nitrogens with zero attached hydrogens (tertiary/aromatic N) is 1. The van der Waals surface area contributed by atoms with Gasteiger partial charge in [-0.05, 0) is 43.2 Å². The molecule has 1 N–H and O–H groups in total. The van der Waals surface area contributed by atoms with Gasteiger partial charge in [-0.25, -0.2) is 0 Å². The van der Waals surface area contributed by atoms with Gasteiger partial charge in [0.05, 0.1) is 26.5 Å². The Morgan fingerprint density at radius 2 is 1.95 bits per heavy atom. The highest BCUT2D eigenvalue weighted by molar-refractivity contribution is 5.70. The van der Waals surface area contributed by atoms with Crippen LogP contribution in [0.5, 0.6) is 11.5 Å². The maximum Gasteiger partial charge on any atom is 0.256 e. The van der Waals surface area contributed by atoms with Crippen molar-refractivity contribution in [2.45, 2.75) is 25.5 Å². The topological polar surface area (TPSA) is 60.7 Å². The third-order valence-electron chi connectivity index (χ3n) is 3.96. The number of hydrogen-bond donors (Lipinski definition) is 1. The Hall–Kier alpha value is -2.27. The second kappa shape index (κ2) is 5.85. The molecular weight excluding hydrogens is 282 g/mol. The van der Waals surface area contributed by atoms with E-state index < -0.39 is 0 Å². The summed E-state index contributed by atoms with van der Waals surface area (Å²) in [6, 6.07) is 9.26. The van der Waals surface area contributed by atoms with Crippen molar-refractivity contribution < 1.29 is 14.6 Å². The van der Waals surface area contributed by atoms with E-state index in [2.05, 4.69) is 0 Å². The summed E-state index contributed by atoms with van der Waals surface area (Å²) in [6.45, 7) is -0.249. The molecule has 0 aliphatic heterocycles. The van der Waals surface area contributed by atoms with Crippen LogP contribution in [0.4, 0.5) is 0 Å². The van der Waals surface area contributed by atoms with Crippen molar-refractivity contribution in [3.8, 4) is 22.8 Å². The zero-order valence-electron chi connectivity index (χ0n) is 12.7. The molecule has 22 heavy (non-hydrogen) atoms. The van der Waals surface area contributed by atoms with Crippen LogP contribution >= 0.6 is 0 Å². The first-order chi connectivity index (χ1) is 10.7. The van der Waals surface area contributed by atoms with E-state index >= 15 is 0 Å². The molecule has 0 atom stereocenters. The molecular formula is C17H19NO4.